The molecule has 0 atom stereocenters. The van der Waals surface area contributed by atoms with Crippen LogP contribution >= 0.6 is 20.2 Å². The monoisotopic (exact) mass is 438 g/mol. The Hall–Kier alpha value is -1.66. The van der Waals surface area contributed by atoms with Gasteiger partial charge in [0.1, 0.15) is 0 Å². The van der Waals surface area contributed by atoms with Gasteiger partial charge in [0.05, 0.1) is 0 Å². The molecule has 0 aromatic heterocycles. The number of halogens is 2. The number of fused-ring (bicyclic) bond motifs is 1. The SMILES string of the molecule is CI(OCCCF)c1ccc2cc(-c3ccc(O)cc3)ccc2c1. The third-order valence-corrected chi connectivity index (χ3v) is 7.63. The minimum atomic E-state index is -1.65. The van der Waals surface area contributed by atoms with Crippen molar-refractivity contribution < 1.29 is 12.6 Å². The van der Waals surface area contributed by atoms with Gasteiger partial charge in [-0.1, -0.05) is 0 Å². The zero-order chi connectivity index (χ0) is 16.9. The van der Waals surface area contributed by atoms with Crippen LogP contribution in [0.25, 0.3) is 21.9 Å². The first-order valence-electron chi connectivity index (χ1n) is 7.80. The van der Waals surface area contributed by atoms with E-state index in [4.69, 9.17) is 3.07 Å². The Morgan fingerprint density at radius 3 is 2.33 bits per heavy atom. The van der Waals surface area contributed by atoms with E-state index in [1.54, 1.807) is 12.1 Å². The zero-order valence-corrected chi connectivity index (χ0v) is 15.7. The van der Waals surface area contributed by atoms with Crippen LogP contribution in [-0.4, -0.2) is 23.3 Å². The van der Waals surface area contributed by atoms with E-state index in [1.807, 2.05) is 12.1 Å². The van der Waals surface area contributed by atoms with Gasteiger partial charge in [-0.05, 0) is 0 Å². The second kappa shape index (κ2) is 7.94. The second-order valence-electron chi connectivity index (χ2n) is 5.53. The van der Waals surface area contributed by atoms with Gasteiger partial charge >= 0.3 is 149 Å². The number of aromatic hydroxyl groups is 1. The third-order valence-electron chi connectivity index (χ3n) is 3.83. The normalized spacial score (nSPS) is 11.7. The molecule has 24 heavy (non-hydrogen) atoms. The van der Waals surface area contributed by atoms with E-state index < -0.39 is 20.2 Å². The first-order valence-corrected chi connectivity index (χ1v) is 11.9. The Labute approximate surface area is 149 Å². The molecule has 0 unspecified atom stereocenters. The number of phenolic OH excluding ortho intramolecular Hbond substituents is 1. The summed E-state index contributed by atoms with van der Waals surface area (Å²) in [5, 5.41) is 11.8. The number of alkyl halides is 2. The summed E-state index contributed by atoms with van der Waals surface area (Å²) >= 11 is -1.65. The van der Waals surface area contributed by atoms with Gasteiger partial charge in [-0.3, -0.25) is 0 Å². The van der Waals surface area contributed by atoms with E-state index in [2.05, 4.69) is 41.3 Å². The quantitative estimate of drug-likeness (QED) is 0.299. The van der Waals surface area contributed by atoms with Gasteiger partial charge in [-0.25, -0.2) is 0 Å². The average Bonchev–Trinajstić information content (AvgIpc) is 2.61. The summed E-state index contributed by atoms with van der Waals surface area (Å²) in [7, 11) is 0. The van der Waals surface area contributed by atoms with Gasteiger partial charge < -0.3 is 0 Å². The minimum absolute atomic E-state index is 0.275. The van der Waals surface area contributed by atoms with Gasteiger partial charge in [0.15, 0.2) is 0 Å². The predicted molar refractivity (Wildman–Crippen MR) is 106 cm³/mol. The summed E-state index contributed by atoms with van der Waals surface area (Å²) in [5.41, 5.74) is 2.21. The van der Waals surface area contributed by atoms with Crippen molar-refractivity contribution in [3.63, 3.8) is 0 Å². The molecule has 1 N–H and O–H groups in total. The van der Waals surface area contributed by atoms with Crippen molar-refractivity contribution in [3.8, 4) is 16.9 Å². The van der Waals surface area contributed by atoms with Gasteiger partial charge in [0.25, 0.3) is 0 Å². The number of benzene rings is 3. The number of phenols is 1. The fraction of sp³-hybridized carbons (Fsp3) is 0.200. The molecule has 0 radical (unpaired) electrons. The van der Waals surface area contributed by atoms with Gasteiger partial charge in [-0.15, -0.1) is 0 Å². The first kappa shape index (κ1) is 17.2. The average molecular weight is 438 g/mol. The molecule has 0 amide bonds. The molecule has 0 heterocycles. The Bertz CT molecular complexity index is 817. The number of hydrogen-bond donors (Lipinski definition) is 1. The third kappa shape index (κ3) is 4.05. The van der Waals surface area contributed by atoms with Crippen LogP contribution in [0.3, 0.4) is 0 Å². The molecule has 2 nitrogen and oxygen atoms in total. The van der Waals surface area contributed by atoms with Crippen LogP contribution in [0.15, 0.2) is 60.7 Å². The van der Waals surface area contributed by atoms with E-state index >= 15 is 0 Å². The Balaban J connectivity index is 1.84. The zero-order valence-electron chi connectivity index (χ0n) is 13.5. The predicted octanol–water partition coefficient (Wildman–Crippen LogP) is 5.81. The van der Waals surface area contributed by atoms with Crippen molar-refractivity contribution in [2.45, 2.75) is 6.42 Å². The molecular weight excluding hydrogens is 418 g/mol. The van der Waals surface area contributed by atoms with Crippen molar-refractivity contribution in [1.82, 2.24) is 0 Å². The maximum absolute atomic E-state index is 12.2. The summed E-state index contributed by atoms with van der Waals surface area (Å²) < 4.78 is 19.2. The van der Waals surface area contributed by atoms with Crippen LogP contribution in [0.5, 0.6) is 5.75 Å². The van der Waals surface area contributed by atoms with Crippen molar-refractivity contribution in [3.05, 3.63) is 64.2 Å². The molecule has 0 spiro atoms. The summed E-state index contributed by atoms with van der Waals surface area (Å²) in [6, 6.07) is 20.0. The summed E-state index contributed by atoms with van der Waals surface area (Å²) in [4.78, 5) is 2.15. The van der Waals surface area contributed by atoms with Gasteiger partial charge in [-0.2, -0.15) is 0 Å². The van der Waals surface area contributed by atoms with E-state index in [0.717, 1.165) is 11.1 Å². The standard InChI is InChI=1S/C20H20FIO2/c1-22(24-12-2-11-21)19-8-5-17-13-16(3-4-18(17)14-19)15-6-9-20(23)10-7-15/h3-10,13-14,23H,2,11-12H2,1H3. The summed E-state index contributed by atoms with van der Waals surface area (Å²) in [5.74, 6) is 0.275. The fourth-order valence-corrected chi connectivity index (χ4v) is 5.30. The Morgan fingerprint density at radius 2 is 1.58 bits per heavy atom. The fourth-order valence-electron chi connectivity index (χ4n) is 2.50. The van der Waals surface area contributed by atoms with Crippen LogP contribution in [0.1, 0.15) is 6.42 Å². The Kier molecular flexibility index (Phi) is 5.68. The molecule has 0 bridgehead atoms. The van der Waals surface area contributed by atoms with Crippen molar-refractivity contribution >= 4 is 31.0 Å². The van der Waals surface area contributed by atoms with Crippen LogP contribution in [0.2, 0.25) is 0 Å². The van der Waals surface area contributed by atoms with Crippen molar-refractivity contribution in [1.29, 1.82) is 0 Å². The van der Waals surface area contributed by atoms with E-state index in [1.165, 1.54) is 14.3 Å². The van der Waals surface area contributed by atoms with E-state index in [-0.39, 0.29) is 12.4 Å². The van der Waals surface area contributed by atoms with Crippen LogP contribution in [0.4, 0.5) is 4.39 Å². The van der Waals surface area contributed by atoms with Crippen LogP contribution < -0.4 is 0 Å². The molecule has 0 aliphatic heterocycles. The molecule has 0 aliphatic rings. The Morgan fingerprint density at radius 1 is 0.917 bits per heavy atom. The molecule has 3 aromatic rings. The van der Waals surface area contributed by atoms with Crippen molar-refractivity contribution in [2.75, 3.05) is 18.2 Å². The van der Waals surface area contributed by atoms with E-state index in [0.29, 0.717) is 13.0 Å². The van der Waals surface area contributed by atoms with Gasteiger partial charge in [0, 0.05) is 0 Å². The molecule has 0 fully saturated rings. The molecule has 3 rings (SSSR count). The number of hydrogen-bond acceptors (Lipinski definition) is 2. The van der Waals surface area contributed by atoms with E-state index in [9.17, 15) is 9.50 Å². The maximum atomic E-state index is 12.2. The van der Waals surface area contributed by atoms with Crippen LogP contribution in [-0.2, 0) is 3.07 Å². The van der Waals surface area contributed by atoms with Crippen LogP contribution in [0, 0.1) is 3.57 Å². The molecule has 126 valence electrons. The molecule has 0 saturated heterocycles. The number of rotatable bonds is 6. The topological polar surface area (TPSA) is 29.5 Å². The molecule has 0 aliphatic carbocycles. The van der Waals surface area contributed by atoms with Crippen molar-refractivity contribution in [2.24, 2.45) is 0 Å². The molecule has 3 aromatic carbocycles. The first-order chi connectivity index (χ1) is 11.7. The van der Waals surface area contributed by atoms with Gasteiger partial charge in [0.2, 0.25) is 0 Å². The second-order valence-corrected chi connectivity index (χ2v) is 9.80. The summed E-state index contributed by atoms with van der Waals surface area (Å²) in [6.45, 7) is 0.192. The summed E-state index contributed by atoms with van der Waals surface area (Å²) in [6.07, 6.45) is 0.478. The molecular formula is C20H20FIO2. The molecule has 0 saturated carbocycles. The molecule has 4 heteroatoms.